The van der Waals surface area contributed by atoms with Gasteiger partial charge >= 0.3 is 0 Å². The van der Waals surface area contributed by atoms with Crippen molar-refractivity contribution in [3.8, 4) is 0 Å². The van der Waals surface area contributed by atoms with Gasteiger partial charge in [0.1, 0.15) is 0 Å². The minimum absolute atomic E-state index is 0.527. The Morgan fingerprint density at radius 3 is 2.87 bits per heavy atom. The molecule has 0 radical (unpaired) electrons. The first-order chi connectivity index (χ1) is 7.18. The average Bonchev–Trinajstić information content (AvgIpc) is 2.37. The first kappa shape index (κ1) is 12.5. The molecule has 0 bridgehead atoms. The van der Waals surface area contributed by atoms with Crippen molar-refractivity contribution in [1.29, 1.82) is 0 Å². The number of hydrogen-bond acceptors (Lipinski definition) is 2. The maximum atomic E-state index is 5.83. The average molecular weight is 210 g/mol. The van der Waals surface area contributed by atoms with Gasteiger partial charge in [0.2, 0.25) is 0 Å². The molecule has 15 heavy (non-hydrogen) atoms. The molecule has 1 heterocycles. The minimum atomic E-state index is 0.527. The van der Waals surface area contributed by atoms with Crippen molar-refractivity contribution in [3.63, 3.8) is 0 Å². The topological polar surface area (TPSA) is 38.4 Å². The van der Waals surface area contributed by atoms with Crippen molar-refractivity contribution in [2.24, 2.45) is 16.6 Å². The third kappa shape index (κ3) is 5.81. The Hall–Kier alpha value is -0.530. The Balaban J connectivity index is 2.16. The highest BCUT2D eigenvalue weighted by Crippen LogP contribution is 2.18. The molecule has 0 spiro atoms. The summed E-state index contributed by atoms with van der Waals surface area (Å²) in [5.74, 6) is 1.73. The lowest BCUT2D eigenvalue weighted by molar-refractivity contribution is 0.482. The quantitative estimate of drug-likeness (QED) is 0.693. The van der Waals surface area contributed by atoms with Crippen LogP contribution in [0.3, 0.4) is 0 Å². The maximum absolute atomic E-state index is 5.83. The Morgan fingerprint density at radius 1 is 1.33 bits per heavy atom. The third-order valence-electron chi connectivity index (χ3n) is 3.14. The number of amidine groups is 1. The summed E-state index contributed by atoms with van der Waals surface area (Å²) in [5, 5.41) is 0. The van der Waals surface area contributed by atoms with Gasteiger partial charge in [-0.2, -0.15) is 0 Å². The molecule has 0 fully saturated rings. The third-order valence-corrected chi connectivity index (χ3v) is 3.14. The minimum Gasteiger partial charge on any atom is -0.387 e. The van der Waals surface area contributed by atoms with Gasteiger partial charge in [-0.1, -0.05) is 39.5 Å². The smallest absolute Gasteiger partial charge is 0.0940 e. The molecule has 2 N–H and O–H groups in total. The van der Waals surface area contributed by atoms with E-state index < -0.39 is 0 Å². The molecule has 1 atom stereocenters. The molecule has 1 aliphatic rings. The standard InChI is InChI=1S/C13H26N2/c1-11(2)7-3-4-8-12-9-5-6-10-13(14)15-12/h11-12H,3-10H2,1-2H3,(H2,14,15). The summed E-state index contributed by atoms with van der Waals surface area (Å²) in [6.45, 7) is 4.59. The highest BCUT2D eigenvalue weighted by Gasteiger charge is 2.11. The van der Waals surface area contributed by atoms with Gasteiger partial charge in [0.15, 0.2) is 0 Å². The van der Waals surface area contributed by atoms with Crippen LogP contribution in [0.15, 0.2) is 4.99 Å². The molecule has 2 nitrogen and oxygen atoms in total. The fourth-order valence-electron chi connectivity index (χ4n) is 2.19. The van der Waals surface area contributed by atoms with Crippen LogP contribution in [0.4, 0.5) is 0 Å². The molecule has 1 rings (SSSR count). The second-order valence-corrected chi connectivity index (χ2v) is 5.20. The van der Waals surface area contributed by atoms with Crippen LogP contribution in [-0.2, 0) is 0 Å². The van der Waals surface area contributed by atoms with E-state index in [1.807, 2.05) is 0 Å². The van der Waals surface area contributed by atoms with Gasteiger partial charge < -0.3 is 5.73 Å². The van der Waals surface area contributed by atoms with Crippen LogP contribution in [0.1, 0.15) is 65.2 Å². The van der Waals surface area contributed by atoms with E-state index in [0.717, 1.165) is 18.2 Å². The fourth-order valence-corrected chi connectivity index (χ4v) is 2.19. The number of rotatable bonds is 5. The largest absolute Gasteiger partial charge is 0.387 e. The van der Waals surface area contributed by atoms with Gasteiger partial charge in [-0.05, 0) is 25.2 Å². The van der Waals surface area contributed by atoms with Crippen LogP contribution in [0, 0.1) is 5.92 Å². The summed E-state index contributed by atoms with van der Waals surface area (Å²) >= 11 is 0. The van der Waals surface area contributed by atoms with Crippen LogP contribution in [0.25, 0.3) is 0 Å². The first-order valence-corrected chi connectivity index (χ1v) is 6.50. The summed E-state index contributed by atoms with van der Waals surface area (Å²) < 4.78 is 0. The lowest BCUT2D eigenvalue weighted by atomic mass is 10.0. The summed E-state index contributed by atoms with van der Waals surface area (Å²) in [6, 6.07) is 0.527. The van der Waals surface area contributed by atoms with Crippen LogP contribution in [-0.4, -0.2) is 11.9 Å². The van der Waals surface area contributed by atoms with E-state index in [9.17, 15) is 0 Å². The Labute approximate surface area is 94.3 Å². The zero-order valence-electron chi connectivity index (χ0n) is 10.3. The van der Waals surface area contributed by atoms with Gasteiger partial charge in [-0.3, -0.25) is 4.99 Å². The second kappa shape index (κ2) is 6.86. The van der Waals surface area contributed by atoms with Crippen molar-refractivity contribution in [2.75, 3.05) is 0 Å². The predicted molar refractivity (Wildman–Crippen MR) is 67.2 cm³/mol. The first-order valence-electron chi connectivity index (χ1n) is 6.50. The lowest BCUT2D eigenvalue weighted by Gasteiger charge is -2.11. The van der Waals surface area contributed by atoms with E-state index in [0.29, 0.717) is 6.04 Å². The highest BCUT2D eigenvalue weighted by molar-refractivity contribution is 5.80. The Bertz CT molecular complexity index is 197. The van der Waals surface area contributed by atoms with Crippen molar-refractivity contribution < 1.29 is 0 Å². The molecule has 0 saturated heterocycles. The molecule has 0 amide bonds. The van der Waals surface area contributed by atoms with Crippen molar-refractivity contribution in [2.45, 2.75) is 71.3 Å². The summed E-state index contributed by atoms with van der Waals surface area (Å²) in [5.41, 5.74) is 5.83. The predicted octanol–water partition coefficient (Wildman–Crippen LogP) is 3.50. The molecule has 0 aromatic rings. The monoisotopic (exact) mass is 210 g/mol. The SMILES string of the molecule is CC(C)CCCCC1CCCCC(N)=N1. The van der Waals surface area contributed by atoms with Crippen LogP contribution in [0.2, 0.25) is 0 Å². The van der Waals surface area contributed by atoms with E-state index in [-0.39, 0.29) is 0 Å². The van der Waals surface area contributed by atoms with Gasteiger partial charge in [-0.15, -0.1) is 0 Å². The second-order valence-electron chi connectivity index (χ2n) is 5.20. The molecule has 0 aliphatic carbocycles. The van der Waals surface area contributed by atoms with E-state index in [4.69, 9.17) is 5.73 Å². The summed E-state index contributed by atoms with van der Waals surface area (Å²) in [4.78, 5) is 4.59. The van der Waals surface area contributed by atoms with Crippen molar-refractivity contribution >= 4 is 5.84 Å². The normalized spacial score (nSPS) is 22.6. The Morgan fingerprint density at radius 2 is 2.13 bits per heavy atom. The molecule has 1 aliphatic heterocycles. The van der Waals surface area contributed by atoms with Gasteiger partial charge in [0.25, 0.3) is 0 Å². The van der Waals surface area contributed by atoms with Crippen LogP contribution < -0.4 is 5.73 Å². The summed E-state index contributed by atoms with van der Waals surface area (Å²) in [6.07, 6.45) is 10.1. The number of nitrogens with two attached hydrogens (primary N) is 1. The number of nitrogens with zero attached hydrogens (tertiary/aromatic N) is 1. The number of unbranched alkanes of at least 4 members (excludes halogenated alkanes) is 1. The van der Waals surface area contributed by atoms with Crippen molar-refractivity contribution in [1.82, 2.24) is 0 Å². The molecule has 0 aromatic heterocycles. The Kier molecular flexibility index (Phi) is 5.74. The van der Waals surface area contributed by atoms with E-state index >= 15 is 0 Å². The number of hydrogen-bond donors (Lipinski definition) is 1. The fraction of sp³-hybridized carbons (Fsp3) is 0.923. The van der Waals surface area contributed by atoms with Gasteiger partial charge in [-0.25, -0.2) is 0 Å². The van der Waals surface area contributed by atoms with Crippen LogP contribution >= 0.6 is 0 Å². The zero-order valence-corrected chi connectivity index (χ0v) is 10.3. The maximum Gasteiger partial charge on any atom is 0.0940 e. The molecule has 88 valence electrons. The zero-order chi connectivity index (χ0) is 11.1. The summed E-state index contributed by atoms with van der Waals surface area (Å²) in [7, 11) is 0. The van der Waals surface area contributed by atoms with Crippen LogP contribution in [0.5, 0.6) is 0 Å². The van der Waals surface area contributed by atoms with Crippen molar-refractivity contribution in [3.05, 3.63) is 0 Å². The molecular weight excluding hydrogens is 184 g/mol. The number of aliphatic imine (C=N–C) groups is 1. The highest BCUT2D eigenvalue weighted by atomic mass is 14.9. The molecular formula is C13H26N2. The van der Waals surface area contributed by atoms with Gasteiger partial charge in [0, 0.05) is 6.42 Å². The van der Waals surface area contributed by atoms with E-state index in [1.54, 1.807) is 0 Å². The molecule has 0 saturated carbocycles. The van der Waals surface area contributed by atoms with Gasteiger partial charge in [0.05, 0.1) is 11.9 Å². The van der Waals surface area contributed by atoms with E-state index in [2.05, 4.69) is 18.8 Å². The van der Waals surface area contributed by atoms with E-state index in [1.165, 1.54) is 44.9 Å². The molecule has 0 aromatic carbocycles. The molecule has 2 heteroatoms. The molecule has 1 unspecified atom stereocenters. The lowest BCUT2D eigenvalue weighted by Crippen LogP contribution is -2.13.